The number of H-pyrrole nitrogens is 1. The highest BCUT2D eigenvalue weighted by Gasteiger charge is 2.31. The lowest BCUT2D eigenvalue weighted by Gasteiger charge is -2.39. The van der Waals surface area contributed by atoms with Gasteiger partial charge in [-0.2, -0.15) is 0 Å². The van der Waals surface area contributed by atoms with Crippen molar-refractivity contribution in [2.24, 2.45) is 10.6 Å². The van der Waals surface area contributed by atoms with E-state index in [0.717, 1.165) is 74.1 Å². The van der Waals surface area contributed by atoms with Gasteiger partial charge in [0.25, 0.3) is 15.9 Å². The minimum atomic E-state index is -4.49. The van der Waals surface area contributed by atoms with Crippen LogP contribution in [-0.2, 0) is 25.3 Å². The van der Waals surface area contributed by atoms with Gasteiger partial charge in [0, 0.05) is 84.0 Å². The fourth-order valence-corrected chi connectivity index (χ4v) is 10.9. The number of hydrogen-bond acceptors (Lipinski definition) is 13. The molecule has 1 amide bonds. The Morgan fingerprint density at radius 3 is 2.63 bits per heavy atom. The highest BCUT2D eigenvalue weighted by atomic mass is 35.5. The Balaban J connectivity index is 1.01. The number of amides is 1. The Kier molecular flexibility index (Phi) is 13.1. The molecule has 2 aliphatic heterocycles. The molecule has 5 aromatic rings. The zero-order valence-corrected chi connectivity index (χ0v) is 37.8. The lowest BCUT2D eigenvalue weighted by Crippen LogP contribution is -2.47. The average Bonchev–Trinajstić information content (AvgIpc) is 3.72. The number of aromatic nitrogens is 2. The van der Waals surface area contributed by atoms with Gasteiger partial charge in [-0.15, -0.1) is 16.7 Å². The summed E-state index contributed by atoms with van der Waals surface area (Å²) in [4.78, 5) is 38.4. The Bertz CT molecular complexity index is 2660. The number of carbonyl (C=O) groups is 1. The van der Waals surface area contributed by atoms with Crippen LogP contribution in [0.2, 0.25) is 5.02 Å². The molecule has 3 aromatic carbocycles. The number of hydrogen-bond donors (Lipinski definition) is 3. The highest BCUT2D eigenvalue weighted by molar-refractivity contribution is 7.99. The molecule has 2 unspecified atom stereocenters. The molecule has 0 bridgehead atoms. The first kappa shape index (κ1) is 43.9. The first-order valence-electron chi connectivity index (χ1n) is 20.4. The Hall–Kier alpha value is -4.78. The second-order valence-electron chi connectivity index (χ2n) is 16.6. The maximum Gasteiger partial charge on any atom is 0.268 e. The van der Waals surface area contributed by atoms with Crippen molar-refractivity contribution in [3.8, 4) is 11.5 Å². The number of carbonyl (C=O) groups excluding carboxylic acids is 1. The number of ether oxygens (including phenoxy) is 1. The maximum absolute atomic E-state index is 14.0. The van der Waals surface area contributed by atoms with E-state index in [1.54, 1.807) is 30.5 Å². The zero-order valence-electron chi connectivity index (χ0n) is 34.6. The summed E-state index contributed by atoms with van der Waals surface area (Å²) < 4.78 is 52.7. The number of piperazine rings is 1. The number of pyridine rings is 1. The molecule has 1 fully saturated rings. The number of benzene rings is 3. The SMILES string of the molecule is CS(=O)OCCC1CSc2cc(S(=O)(=O)NC(=O)c3ccc(N4CCN(CC5=C(c6ccc(Cl)cc6)CC(C)(C)CC5)CC4)cc3Oc3cnc4[nH]ccc4c3)cc(N=O)c2N1. The second-order valence-corrected chi connectivity index (χ2v) is 20.8. The first-order chi connectivity index (χ1) is 29.7. The summed E-state index contributed by atoms with van der Waals surface area (Å²) in [5.41, 5.74) is 6.11. The van der Waals surface area contributed by atoms with Crippen molar-refractivity contribution in [2.45, 2.75) is 55.4 Å². The number of thioether (sulfide) groups is 1. The van der Waals surface area contributed by atoms with Crippen LogP contribution in [0.5, 0.6) is 11.5 Å². The number of rotatable bonds is 14. The molecule has 14 nitrogen and oxygen atoms in total. The highest BCUT2D eigenvalue weighted by Crippen LogP contribution is 2.44. The van der Waals surface area contributed by atoms with Gasteiger partial charge in [-0.3, -0.25) is 13.9 Å². The van der Waals surface area contributed by atoms with Gasteiger partial charge in [0.1, 0.15) is 22.8 Å². The zero-order chi connectivity index (χ0) is 43.6. The van der Waals surface area contributed by atoms with Crippen LogP contribution >= 0.6 is 23.4 Å². The van der Waals surface area contributed by atoms with Crippen LogP contribution in [0.3, 0.4) is 0 Å². The lowest BCUT2D eigenvalue weighted by atomic mass is 9.72. The molecule has 0 spiro atoms. The number of nitroso groups, excluding NO2 is 1. The monoisotopic (exact) mass is 917 g/mol. The van der Waals surface area contributed by atoms with Crippen LogP contribution in [0.25, 0.3) is 16.6 Å². The summed E-state index contributed by atoms with van der Waals surface area (Å²) in [6, 6.07) is 19.4. The quantitative estimate of drug-likeness (QED) is 0.0904. The number of fused-ring (bicyclic) bond motifs is 2. The Morgan fingerprint density at radius 2 is 1.87 bits per heavy atom. The van der Waals surface area contributed by atoms with Gasteiger partial charge in [0.05, 0.1) is 29.0 Å². The third-order valence-corrected chi connectivity index (χ3v) is 14.8. The van der Waals surface area contributed by atoms with Crippen LogP contribution in [0.1, 0.15) is 55.5 Å². The summed E-state index contributed by atoms with van der Waals surface area (Å²) in [5.74, 6) is 0.142. The third kappa shape index (κ3) is 10.2. The average molecular weight is 919 g/mol. The van der Waals surface area contributed by atoms with E-state index < -0.39 is 27.0 Å². The van der Waals surface area contributed by atoms with Gasteiger partial charge in [-0.25, -0.2) is 22.3 Å². The first-order valence-corrected chi connectivity index (χ1v) is 24.7. The molecule has 1 saturated heterocycles. The van der Waals surface area contributed by atoms with Crippen LogP contribution in [-0.4, -0.2) is 90.8 Å². The molecule has 18 heteroatoms. The molecule has 8 rings (SSSR count). The van der Waals surface area contributed by atoms with Crippen molar-refractivity contribution in [3.05, 3.63) is 106 Å². The molecule has 3 aliphatic rings. The number of halogens is 1. The molecular formula is C44H48ClN7O7S3. The number of allylic oxidation sites excluding steroid dienone is 1. The summed E-state index contributed by atoms with van der Waals surface area (Å²) in [6.45, 7) is 8.92. The second kappa shape index (κ2) is 18.5. The molecule has 4 heterocycles. The smallest absolute Gasteiger partial charge is 0.268 e. The van der Waals surface area contributed by atoms with Gasteiger partial charge >= 0.3 is 0 Å². The van der Waals surface area contributed by atoms with Crippen molar-refractivity contribution in [3.63, 3.8) is 0 Å². The van der Waals surface area contributed by atoms with Crippen molar-refractivity contribution in [2.75, 3.05) is 61.6 Å². The van der Waals surface area contributed by atoms with E-state index in [1.807, 2.05) is 18.2 Å². The van der Waals surface area contributed by atoms with Crippen LogP contribution in [0.4, 0.5) is 17.1 Å². The summed E-state index contributed by atoms with van der Waals surface area (Å²) >= 11 is 6.18. The van der Waals surface area contributed by atoms with E-state index in [-0.39, 0.29) is 40.0 Å². The molecule has 2 atom stereocenters. The van der Waals surface area contributed by atoms with Gasteiger partial charge in [-0.05, 0) is 95.9 Å². The fourth-order valence-electron chi connectivity index (χ4n) is 8.18. The number of anilines is 2. The topological polar surface area (TPSA) is 175 Å². The Morgan fingerprint density at radius 1 is 1.08 bits per heavy atom. The number of nitrogens with zero attached hydrogens (tertiary/aromatic N) is 4. The molecule has 326 valence electrons. The van der Waals surface area contributed by atoms with E-state index in [1.165, 1.54) is 47.0 Å². The van der Waals surface area contributed by atoms with Gasteiger partial charge in [-0.1, -0.05) is 43.2 Å². The summed E-state index contributed by atoms with van der Waals surface area (Å²) in [6.07, 6.45) is 8.46. The Labute approximate surface area is 372 Å². The summed E-state index contributed by atoms with van der Waals surface area (Å²) in [7, 11) is -4.49. The number of sulfonamides is 1. The number of aromatic amines is 1. The van der Waals surface area contributed by atoms with Crippen LogP contribution < -0.4 is 19.7 Å². The molecule has 0 radical (unpaired) electrons. The van der Waals surface area contributed by atoms with Crippen molar-refractivity contribution >= 4 is 84.0 Å². The summed E-state index contributed by atoms with van der Waals surface area (Å²) in [5, 5.41) is 7.86. The predicted molar refractivity (Wildman–Crippen MR) is 247 cm³/mol. The van der Waals surface area contributed by atoms with E-state index in [4.69, 9.17) is 20.5 Å². The number of nitrogens with one attached hydrogen (secondary N) is 3. The molecule has 0 saturated carbocycles. The van der Waals surface area contributed by atoms with E-state index >= 15 is 0 Å². The predicted octanol–water partition coefficient (Wildman–Crippen LogP) is 8.90. The molecular weight excluding hydrogens is 870 g/mol. The van der Waals surface area contributed by atoms with Crippen molar-refractivity contribution in [1.82, 2.24) is 19.6 Å². The van der Waals surface area contributed by atoms with E-state index in [2.05, 4.69) is 61.0 Å². The lowest BCUT2D eigenvalue weighted by molar-refractivity contribution is 0.0979. The van der Waals surface area contributed by atoms with Crippen molar-refractivity contribution < 1.29 is 26.3 Å². The molecule has 2 aromatic heterocycles. The minimum absolute atomic E-state index is 0.00665. The van der Waals surface area contributed by atoms with E-state index in [9.17, 15) is 22.3 Å². The normalized spacial score (nSPS) is 18.5. The van der Waals surface area contributed by atoms with Crippen LogP contribution in [0.15, 0.2) is 99.7 Å². The largest absolute Gasteiger partial charge is 0.455 e. The minimum Gasteiger partial charge on any atom is -0.455 e. The van der Waals surface area contributed by atoms with Gasteiger partial charge < -0.3 is 19.9 Å². The molecule has 62 heavy (non-hydrogen) atoms. The molecule has 3 N–H and O–H groups in total. The van der Waals surface area contributed by atoms with Gasteiger partial charge in [0.15, 0.2) is 11.1 Å². The van der Waals surface area contributed by atoms with Gasteiger partial charge in [0.2, 0.25) is 0 Å². The van der Waals surface area contributed by atoms with Crippen LogP contribution in [0, 0.1) is 10.3 Å². The third-order valence-electron chi connectivity index (χ3n) is 11.5. The fraction of sp³-hybridized carbons (Fsp3) is 0.364. The molecule has 1 aliphatic carbocycles. The van der Waals surface area contributed by atoms with E-state index in [0.29, 0.717) is 34.2 Å². The van der Waals surface area contributed by atoms with Crippen molar-refractivity contribution in [1.29, 1.82) is 0 Å². The standard InChI is InChI=1S/C44H48ClN7O7S3/c1-44(2)13-10-30(37(24-44)28-4-6-31(45)7-5-28)26-51-15-17-52(18-16-51)33-8-9-36(39(21-33)59-34-20-29-11-14-46-42(29)47-25-34)43(53)50-62(56,57)35-22-38(49-54)41-40(23-35)60-27-32(48-41)12-19-58-61(3)55/h4-9,11,14,20-23,25,32,48H,10,12-13,15-19,24,26-27H2,1-3H3,(H,46,47)(H,50,53). The maximum atomic E-state index is 14.0.